The van der Waals surface area contributed by atoms with E-state index < -0.39 is 0 Å². The Labute approximate surface area is 162 Å². The van der Waals surface area contributed by atoms with Gasteiger partial charge in [0.1, 0.15) is 0 Å². The molecule has 0 unspecified atom stereocenters. The third-order valence-electron chi connectivity index (χ3n) is 4.30. The van der Waals surface area contributed by atoms with E-state index in [1.807, 2.05) is 30.3 Å². The van der Waals surface area contributed by atoms with Gasteiger partial charge in [-0.2, -0.15) is 15.3 Å². The van der Waals surface area contributed by atoms with E-state index in [1.165, 1.54) is 12.8 Å². The number of rotatable bonds is 6. The predicted molar refractivity (Wildman–Crippen MR) is 111 cm³/mol. The highest BCUT2D eigenvalue weighted by molar-refractivity contribution is 5.64. The molecule has 1 saturated carbocycles. The molecule has 2 aromatic heterocycles. The molecule has 4 rings (SSSR count). The number of anilines is 4. The third-order valence-corrected chi connectivity index (χ3v) is 4.30. The largest absolute Gasteiger partial charge is 0.324 e. The van der Waals surface area contributed by atoms with E-state index in [4.69, 9.17) is 11.7 Å². The summed E-state index contributed by atoms with van der Waals surface area (Å²) in [4.78, 5) is 8.74. The van der Waals surface area contributed by atoms with Gasteiger partial charge < -0.3 is 10.6 Å². The van der Waals surface area contributed by atoms with Crippen molar-refractivity contribution >= 4 is 23.3 Å². The highest BCUT2D eigenvalue weighted by Crippen LogP contribution is 2.39. The topological polar surface area (TPSA) is 102 Å². The maximum atomic E-state index is 8.74. The van der Waals surface area contributed by atoms with Crippen LogP contribution in [0.5, 0.6) is 0 Å². The molecule has 1 aromatic carbocycles. The van der Waals surface area contributed by atoms with Crippen LogP contribution in [-0.4, -0.2) is 20.2 Å². The molecule has 140 valence electrons. The number of nitrogens with one attached hydrogen (secondary N) is 3. The lowest BCUT2D eigenvalue weighted by molar-refractivity contribution is 0.966. The molecule has 0 aliphatic heterocycles. The number of H-pyrrole nitrogens is 1. The van der Waals surface area contributed by atoms with Gasteiger partial charge in [-0.1, -0.05) is 18.1 Å². The van der Waals surface area contributed by atoms with Crippen LogP contribution in [0.25, 0.3) is 0 Å². The monoisotopic (exact) mass is 363 g/mol. The zero-order chi connectivity index (χ0) is 18.6. The number of nitriles is 1. The number of hydrogen-bond acceptors (Lipinski definition) is 6. The van der Waals surface area contributed by atoms with E-state index >= 15 is 0 Å². The van der Waals surface area contributed by atoms with Crippen LogP contribution >= 0.6 is 0 Å². The highest BCUT2D eigenvalue weighted by Gasteiger charge is 2.25. The molecule has 1 aliphatic carbocycles. The first-order valence-electron chi connectivity index (χ1n) is 8.64. The fraction of sp³-hybridized carbons (Fsp3) is 0.200. The molecule has 2 heterocycles. The Kier molecular flexibility index (Phi) is 4.42. The van der Waals surface area contributed by atoms with Gasteiger partial charge in [0.2, 0.25) is 5.95 Å². The Morgan fingerprint density at radius 2 is 2.07 bits per heavy atom. The van der Waals surface area contributed by atoms with Crippen LogP contribution in [0.4, 0.5) is 23.3 Å². The van der Waals surface area contributed by atoms with Gasteiger partial charge in [-0.3, -0.25) is 5.10 Å². The number of hydrogen-bond donors (Lipinski definition) is 3. The number of aromatic amines is 1. The average molecular weight is 363 g/mol. The second-order valence-electron chi connectivity index (χ2n) is 6.36. The molecular weight excluding hydrogens is 338 g/mol. The van der Waals surface area contributed by atoms with Crippen molar-refractivity contribution in [2.24, 2.45) is 0 Å². The summed E-state index contributed by atoms with van der Waals surface area (Å²) >= 11 is 0. The Hall–Kier alpha value is -3.84. The third kappa shape index (κ3) is 3.88. The molecule has 27 heavy (non-hydrogen) atoms. The van der Waals surface area contributed by atoms with E-state index in [9.17, 15) is 0 Å². The zero-order valence-electron chi connectivity index (χ0n) is 14.5. The highest BCUT2D eigenvalue weighted by atomic mass is 15.2. The standard InChI is InChI=1S/C20H17N7.4H2/c1-2-14-12-22-20(23-16-7-3-13(4-8-16)9-10-21)25-19(14)24-18-11-17(26-27-18)15-5-6-15;;;;/h1,3-4,7-8,11-12,15H,5-6,9H2,(H3,22,23,24,25,26,27);4*1H. The molecule has 7 nitrogen and oxygen atoms in total. The molecule has 3 N–H and O–H groups in total. The van der Waals surface area contributed by atoms with Crippen LogP contribution in [0.1, 0.15) is 41.3 Å². The summed E-state index contributed by atoms with van der Waals surface area (Å²) in [7, 11) is 0. The number of benzene rings is 1. The number of aromatic nitrogens is 4. The Morgan fingerprint density at radius 1 is 1.26 bits per heavy atom. The van der Waals surface area contributed by atoms with E-state index in [2.05, 4.69) is 42.8 Å². The predicted octanol–water partition coefficient (Wildman–Crippen LogP) is 4.60. The van der Waals surface area contributed by atoms with Crippen molar-refractivity contribution < 1.29 is 5.71 Å². The summed E-state index contributed by atoms with van der Waals surface area (Å²) in [5.74, 6) is 4.79. The van der Waals surface area contributed by atoms with Crippen molar-refractivity contribution in [1.82, 2.24) is 20.2 Å². The molecule has 1 aliphatic rings. The average Bonchev–Trinajstić information content (AvgIpc) is 3.43. The van der Waals surface area contributed by atoms with Crippen molar-refractivity contribution in [3.05, 3.63) is 53.3 Å². The van der Waals surface area contributed by atoms with Gasteiger partial charge in [-0.25, -0.2) is 4.98 Å². The zero-order valence-corrected chi connectivity index (χ0v) is 14.5. The molecule has 0 spiro atoms. The summed E-state index contributed by atoms with van der Waals surface area (Å²) in [6, 6.07) is 11.7. The van der Waals surface area contributed by atoms with Crippen molar-refractivity contribution in [3.8, 4) is 18.4 Å². The van der Waals surface area contributed by atoms with E-state index in [-0.39, 0.29) is 5.71 Å². The molecule has 0 bridgehead atoms. The van der Waals surface area contributed by atoms with E-state index in [0.717, 1.165) is 16.9 Å². The van der Waals surface area contributed by atoms with Crippen LogP contribution in [0.3, 0.4) is 0 Å². The Morgan fingerprint density at radius 3 is 2.78 bits per heavy atom. The minimum atomic E-state index is 0. The minimum Gasteiger partial charge on any atom is -0.324 e. The van der Waals surface area contributed by atoms with Crippen molar-refractivity contribution in [2.75, 3.05) is 10.6 Å². The van der Waals surface area contributed by atoms with Gasteiger partial charge in [0.15, 0.2) is 11.6 Å². The molecule has 0 saturated heterocycles. The lowest BCUT2D eigenvalue weighted by Crippen LogP contribution is -2.03. The quantitative estimate of drug-likeness (QED) is 0.553. The number of terminal acetylenes is 1. The fourth-order valence-corrected chi connectivity index (χ4v) is 2.69. The number of nitrogens with zero attached hydrogens (tertiary/aromatic N) is 4. The minimum absolute atomic E-state index is 0. The second-order valence-corrected chi connectivity index (χ2v) is 6.36. The van der Waals surface area contributed by atoms with Crippen LogP contribution < -0.4 is 10.6 Å². The molecule has 1 fully saturated rings. The van der Waals surface area contributed by atoms with Crippen molar-refractivity contribution in [2.45, 2.75) is 25.2 Å². The molecular formula is C20H25N7. The summed E-state index contributed by atoms with van der Waals surface area (Å²) in [5.41, 5.74) is 3.47. The summed E-state index contributed by atoms with van der Waals surface area (Å²) in [5, 5.41) is 22.4. The second kappa shape index (κ2) is 7.19. The smallest absolute Gasteiger partial charge is 0.229 e. The SMILES string of the molecule is C#Cc1cnc(Nc2ccc(CC#N)cc2)nc1Nc1cc(C2CC2)[nH]n1.[HH].[HH].[HH].[HH]. The molecule has 7 heteroatoms. The summed E-state index contributed by atoms with van der Waals surface area (Å²) < 4.78 is 0. The normalized spacial score (nSPS) is 12.8. The van der Waals surface area contributed by atoms with Crippen LogP contribution in [0.2, 0.25) is 0 Å². The first kappa shape index (κ1) is 16.6. The lowest BCUT2D eigenvalue weighted by atomic mass is 10.1. The van der Waals surface area contributed by atoms with Gasteiger partial charge in [0, 0.05) is 29.1 Å². The van der Waals surface area contributed by atoms with Crippen molar-refractivity contribution in [1.29, 1.82) is 5.26 Å². The van der Waals surface area contributed by atoms with Crippen LogP contribution in [0, 0.1) is 23.7 Å². The first-order chi connectivity index (χ1) is 13.2. The first-order valence-corrected chi connectivity index (χ1v) is 8.64. The van der Waals surface area contributed by atoms with E-state index in [1.54, 1.807) is 6.20 Å². The van der Waals surface area contributed by atoms with Crippen LogP contribution in [0.15, 0.2) is 36.5 Å². The van der Waals surface area contributed by atoms with Gasteiger partial charge in [-0.15, -0.1) is 6.42 Å². The summed E-state index contributed by atoms with van der Waals surface area (Å²) in [6.45, 7) is 0. The molecule has 0 amide bonds. The van der Waals surface area contributed by atoms with Crippen molar-refractivity contribution in [3.63, 3.8) is 0 Å². The molecule has 0 atom stereocenters. The molecule has 3 aromatic rings. The fourth-order valence-electron chi connectivity index (χ4n) is 2.69. The van der Waals surface area contributed by atoms with Gasteiger partial charge in [0.25, 0.3) is 0 Å². The summed E-state index contributed by atoms with van der Waals surface area (Å²) in [6.07, 6.45) is 9.95. The van der Waals surface area contributed by atoms with Gasteiger partial charge >= 0.3 is 0 Å². The van der Waals surface area contributed by atoms with Crippen LogP contribution in [-0.2, 0) is 6.42 Å². The molecule has 0 radical (unpaired) electrons. The Bertz CT molecular complexity index is 1050. The Balaban J connectivity index is 0.00000225. The van der Waals surface area contributed by atoms with Gasteiger partial charge in [0.05, 0.1) is 24.3 Å². The maximum Gasteiger partial charge on any atom is 0.229 e. The maximum absolute atomic E-state index is 8.74. The lowest BCUT2D eigenvalue weighted by Gasteiger charge is -2.09. The van der Waals surface area contributed by atoms with E-state index in [0.29, 0.717) is 35.5 Å². The van der Waals surface area contributed by atoms with Gasteiger partial charge in [-0.05, 0) is 30.5 Å².